The van der Waals surface area contributed by atoms with Gasteiger partial charge in [0, 0.05) is 12.8 Å². The second kappa shape index (κ2) is 4.46. The SMILES string of the molecule is CCOCc1ccc(Br)nc1. The highest BCUT2D eigenvalue weighted by Crippen LogP contribution is 2.06. The summed E-state index contributed by atoms with van der Waals surface area (Å²) in [5, 5.41) is 0. The zero-order valence-corrected chi connectivity index (χ0v) is 7.97. The van der Waals surface area contributed by atoms with Gasteiger partial charge in [0.15, 0.2) is 0 Å². The van der Waals surface area contributed by atoms with E-state index in [1.54, 1.807) is 6.20 Å². The molecule has 0 aliphatic rings. The minimum atomic E-state index is 0.650. The standard InChI is InChI=1S/C8H10BrNO/c1-2-11-6-7-3-4-8(9)10-5-7/h3-5H,2,6H2,1H3. The Balaban J connectivity index is 2.52. The Kier molecular flexibility index (Phi) is 3.52. The maximum absolute atomic E-state index is 5.20. The summed E-state index contributed by atoms with van der Waals surface area (Å²) >= 11 is 3.26. The lowest BCUT2D eigenvalue weighted by molar-refractivity contribution is 0.134. The van der Waals surface area contributed by atoms with Crippen molar-refractivity contribution >= 4 is 15.9 Å². The molecule has 1 rings (SSSR count). The van der Waals surface area contributed by atoms with Crippen molar-refractivity contribution in [1.82, 2.24) is 4.98 Å². The fraction of sp³-hybridized carbons (Fsp3) is 0.375. The summed E-state index contributed by atoms with van der Waals surface area (Å²) in [4.78, 5) is 4.07. The molecule has 0 unspecified atom stereocenters. The number of rotatable bonds is 3. The topological polar surface area (TPSA) is 22.1 Å². The van der Waals surface area contributed by atoms with Gasteiger partial charge in [-0.25, -0.2) is 4.98 Å². The lowest BCUT2D eigenvalue weighted by Crippen LogP contribution is -1.91. The largest absolute Gasteiger partial charge is 0.377 e. The molecule has 1 aromatic heterocycles. The van der Waals surface area contributed by atoms with Gasteiger partial charge in [0.05, 0.1) is 6.61 Å². The first-order valence-corrected chi connectivity index (χ1v) is 4.30. The molecule has 3 heteroatoms. The second-order valence-electron chi connectivity index (χ2n) is 2.13. The number of pyridine rings is 1. The van der Waals surface area contributed by atoms with Gasteiger partial charge >= 0.3 is 0 Å². The molecule has 0 fully saturated rings. The summed E-state index contributed by atoms with van der Waals surface area (Å²) in [6.07, 6.45) is 1.81. The second-order valence-corrected chi connectivity index (χ2v) is 2.94. The molecule has 0 saturated heterocycles. The minimum absolute atomic E-state index is 0.650. The van der Waals surface area contributed by atoms with Gasteiger partial charge in [-0.3, -0.25) is 0 Å². The summed E-state index contributed by atoms with van der Waals surface area (Å²) in [6.45, 7) is 3.37. The van der Waals surface area contributed by atoms with Crippen molar-refractivity contribution in [3.8, 4) is 0 Å². The molecule has 2 nitrogen and oxygen atoms in total. The molecule has 0 radical (unpaired) electrons. The highest BCUT2D eigenvalue weighted by atomic mass is 79.9. The first-order valence-electron chi connectivity index (χ1n) is 3.51. The van der Waals surface area contributed by atoms with Crippen LogP contribution in [-0.2, 0) is 11.3 Å². The number of halogens is 1. The van der Waals surface area contributed by atoms with Crippen molar-refractivity contribution in [1.29, 1.82) is 0 Å². The van der Waals surface area contributed by atoms with E-state index in [0.717, 1.165) is 16.8 Å². The molecule has 11 heavy (non-hydrogen) atoms. The predicted octanol–water partition coefficient (Wildman–Crippen LogP) is 2.38. The summed E-state index contributed by atoms with van der Waals surface area (Å²) in [5.74, 6) is 0. The van der Waals surface area contributed by atoms with Gasteiger partial charge in [-0.15, -0.1) is 0 Å². The van der Waals surface area contributed by atoms with Crippen LogP contribution in [0.1, 0.15) is 12.5 Å². The molecule has 0 aromatic carbocycles. The van der Waals surface area contributed by atoms with E-state index >= 15 is 0 Å². The summed E-state index contributed by atoms with van der Waals surface area (Å²) in [6, 6.07) is 3.90. The van der Waals surface area contributed by atoms with E-state index in [2.05, 4.69) is 20.9 Å². The van der Waals surface area contributed by atoms with Crippen LogP contribution < -0.4 is 0 Å². The van der Waals surface area contributed by atoms with E-state index < -0.39 is 0 Å². The Morgan fingerprint density at radius 2 is 2.36 bits per heavy atom. The first-order chi connectivity index (χ1) is 5.33. The van der Waals surface area contributed by atoms with E-state index in [1.165, 1.54) is 0 Å². The molecular formula is C8H10BrNO. The molecular weight excluding hydrogens is 206 g/mol. The molecule has 60 valence electrons. The fourth-order valence-corrected chi connectivity index (χ4v) is 0.946. The molecule has 0 saturated carbocycles. The highest BCUT2D eigenvalue weighted by molar-refractivity contribution is 9.10. The van der Waals surface area contributed by atoms with Crippen molar-refractivity contribution in [3.05, 3.63) is 28.5 Å². The Morgan fingerprint density at radius 3 is 2.91 bits per heavy atom. The Hall–Kier alpha value is -0.410. The third-order valence-electron chi connectivity index (χ3n) is 1.26. The van der Waals surface area contributed by atoms with Crippen molar-refractivity contribution in [2.45, 2.75) is 13.5 Å². The molecule has 0 atom stereocenters. The van der Waals surface area contributed by atoms with Crippen LogP contribution in [0.5, 0.6) is 0 Å². The summed E-state index contributed by atoms with van der Waals surface area (Å²) < 4.78 is 6.06. The molecule has 0 aliphatic heterocycles. The maximum Gasteiger partial charge on any atom is 0.106 e. The average Bonchev–Trinajstić information content (AvgIpc) is 2.04. The van der Waals surface area contributed by atoms with Gasteiger partial charge < -0.3 is 4.74 Å². The number of hydrogen-bond donors (Lipinski definition) is 0. The van der Waals surface area contributed by atoms with Gasteiger partial charge in [0.1, 0.15) is 4.60 Å². The maximum atomic E-state index is 5.20. The van der Waals surface area contributed by atoms with Gasteiger partial charge in [-0.1, -0.05) is 6.07 Å². The summed E-state index contributed by atoms with van der Waals surface area (Å²) in [5.41, 5.74) is 1.11. The van der Waals surface area contributed by atoms with Crippen LogP contribution in [0, 0.1) is 0 Å². The molecule has 0 spiro atoms. The zero-order valence-electron chi connectivity index (χ0n) is 6.38. The quantitative estimate of drug-likeness (QED) is 0.723. The molecule has 0 N–H and O–H groups in total. The van der Waals surface area contributed by atoms with Crippen molar-refractivity contribution < 1.29 is 4.74 Å². The van der Waals surface area contributed by atoms with Gasteiger partial charge in [0.25, 0.3) is 0 Å². The number of hydrogen-bond acceptors (Lipinski definition) is 2. The minimum Gasteiger partial charge on any atom is -0.377 e. The van der Waals surface area contributed by atoms with Crippen LogP contribution >= 0.6 is 15.9 Å². The molecule has 0 aliphatic carbocycles. The Labute approximate surface area is 74.7 Å². The number of ether oxygens (including phenoxy) is 1. The van der Waals surface area contributed by atoms with Crippen molar-refractivity contribution in [2.75, 3.05) is 6.61 Å². The van der Waals surface area contributed by atoms with Crippen molar-refractivity contribution in [3.63, 3.8) is 0 Å². The van der Waals surface area contributed by atoms with Gasteiger partial charge in [-0.05, 0) is 34.5 Å². The van der Waals surface area contributed by atoms with Crippen LogP contribution in [-0.4, -0.2) is 11.6 Å². The molecule has 0 amide bonds. The average molecular weight is 216 g/mol. The third-order valence-corrected chi connectivity index (χ3v) is 1.73. The van der Waals surface area contributed by atoms with E-state index in [1.807, 2.05) is 19.1 Å². The molecule has 1 heterocycles. The lowest BCUT2D eigenvalue weighted by Gasteiger charge is -1.99. The lowest BCUT2D eigenvalue weighted by atomic mass is 10.3. The van der Waals surface area contributed by atoms with E-state index in [-0.39, 0.29) is 0 Å². The normalized spacial score (nSPS) is 10.0. The van der Waals surface area contributed by atoms with E-state index in [9.17, 15) is 0 Å². The highest BCUT2D eigenvalue weighted by Gasteiger charge is 1.91. The predicted molar refractivity (Wildman–Crippen MR) is 47.3 cm³/mol. The summed E-state index contributed by atoms with van der Waals surface area (Å²) in [7, 11) is 0. The first kappa shape index (κ1) is 8.68. The smallest absolute Gasteiger partial charge is 0.106 e. The van der Waals surface area contributed by atoms with E-state index in [0.29, 0.717) is 6.61 Å². The van der Waals surface area contributed by atoms with Crippen LogP contribution in [0.3, 0.4) is 0 Å². The van der Waals surface area contributed by atoms with Crippen LogP contribution in [0.4, 0.5) is 0 Å². The van der Waals surface area contributed by atoms with E-state index in [4.69, 9.17) is 4.74 Å². The fourth-order valence-electron chi connectivity index (χ4n) is 0.712. The van der Waals surface area contributed by atoms with Gasteiger partial charge in [0.2, 0.25) is 0 Å². The van der Waals surface area contributed by atoms with Crippen LogP contribution in [0.15, 0.2) is 22.9 Å². The molecule has 0 bridgehead atoms. The Morgan fingerprint density at radius 1 is 1.55 bits per heavy atom. The molecule has 1 aromatic rings. The van der Waals surface area contributed by atoms with Crippen LogP contribution in [0.2, 0.25) is 0 Å². The number of aromatic nitrogens is 1. The van der Waals surface area contributed by atoms with Gasteiger partial charge in [-0.2, -0.15) is 0 Å². The zero-order chi connectivity index (χ0) is 8.10. The monoisotopic (exact) mass is 215 g/mol. The van der Waals surface area contributed by atoms with Crippen molar-refractivity contribution in [2.24, 2.45) is 0 Å². The van der Waals surface area contributed by atoms with Crippen LogP contribution in [0.25, 0.3) is 0 Å². The number of nitrogens with zero attached hydrogens (tertiary/aromatic N) is 1. The Bertz CT molecular complexity index is 210. The third kappa shape index (κ3) is 2.99.